The number of rotatable bonds is 11. The maximum Gasteiger partial charge on any atom is 0.326 e. The van der Waals surface area contributed by atoms with E-state index in [1.165, 1.54) is 49.8 Å². The van der Waals surface area contributed by atoms with E-state index < -0.39 is 11.2 Å². The van der Waals surface area contributed by atoms with E-state index in [0.717, 1.165) is 64.2 Å². The molecule has 5 nitrogen and oxygen atoms in total. The summed E-state index contributed by atoms with van der Waals surface area (Å²) in [7, 11) is 0. The summed E-state index contributed by atoms with van der Waals surface area (Å²) in [6.07, 6.45) is 20.5. The molecule has 5 heteroatoms. The predicted octanol–water partition coefficient (Wildman–Crippen LogP) is 6.25. The van der Waals surface area contributed by atoms with Crippen LogP contribution in [-0.2, 0) is 4.79 Å². The van der Waals surface area contributed by atoms with E-state index in [1.54, 1.807) is 0 Å². The quantitative estimate of drug-likeness (QED) is 0.298. The first-order valence-corrected chi connectivity index (χ1v) is 13.4. The number of imide groups is 1. The molecule has 2 saturated carbocycles. The number of nitrogens with zero attached hydrogens (tertiary/aromatic N) is 1. The molecule has 1 unspecified atom stereocenters. The zero-order valence-corrected chi connectivity index (χ0v) is 20.2. The van der Waals surface area contributed by atoms with Crippen LogP contribution in [0.15, 0.2) is 0 Å². The van der Waals surface area contributed by atoms with Crippen LogP contribution in [0.1, 0.15) is 129 Å². The van der Waals surface area contributed by atoms with Gasteiger partial charge in [-0.3, -0.25) is 4.79 Å². The van der Waals surface area contributed by atoms with Gasteiger partial charge < -0.3 is 11.1 Å². The maximum absolute atomic E-state index is 13.7. The minimum atomic E-state index is -0.820. The molecular weight excluding hydrogens is 386 g/mol. The Labute approximate surface area is 190 Å². The van der Waals surface area contributed by atoms with Crippen molar-refractivity contribution >= 4 is 11.9 Å². The molecular formula is C26H47N3O2. The Morgan fingerprint density at radius 1 is 0.871 bits per heavy atom. The normalized spacial score (nSPS) is 26.5. The molecule has 0 aromatic heterocycles. The van der Waals surface area contributed by atoms with E-state index in [-0.39, 0.29) is 23.8 Å². The summed E-state index contributed by atoms with van der Waals surface area (Å²) in [5.41, 5.74) is 5.61. The van der Waals surface area contributed by atoms with Crippen molar-refractivity contribution in [1.29, 1.82) is 0 Å². The smallest absolute Gasteiger partial charge is 0.323 e. The summed E-state index contributed by atoms with van der Waals surface area (Å²) in [5, 5.41) is 3.08. The van der Waals surface area contributed by atoms with Crippen molar-refractivity contribution in [3.8, 4) is 0 Å². The van der Waals surface area contributed by atoms with Crippen LogP contribution in [0.5, 0.6) is 0 Å². The van der Waals surface area contributed by atoms with E-state index in [9.17, 15) is 9.59 Å². The molecule has 1 aliphatic heterocycles. The first-order valence-electron chi connectivity index (χ1n) is 13.4. The molecule has 3 N–H and O–H groups in total. The predicted molar refractivity (Wildman–Crippen MR) is 126 cm³/mol. The Morgan fingerprint density at radius 2 is 1.35 bits per heavy atom. The number of hydrogen-bond donors (Lipinski definition) is 2. The molecule has 1 saturated heterocycles. The molecule has 0 aromatic rings. The first-order chi connectivity index (χ1) is 14.9. The van der Waals surface area contributed by atoms with E-state index in [0.29, 0.717) is 6.42 Å². The van der Waals surface area contributed by atoms with Crippen molar-refractivity contribution < 1.29 is 9.59 Å². The molecule has 0 spiro atoms. The van der Waals surface area contributed by atoms with Crippen molar-refractivity contribution in [2.45, 2.75) is 141 Å². The molecule has 1 heterocycles. The van der Waals surface area contributed by atoms with Crippen LogP contribution in [0, 0.1) is 11.8 Å². The second kappa shape index (κ2) is 11.2. The average Bonchev–Trinajstić information content (AvgIpc) is 3.02. The van der Waals surface area contributed by atoms with Crippen molar-refractivity contribution in [3.05, 3.63) is 0 Å². The lowest BCUT2D eigenvalue weighted by Gasteiger charge is -2.50. The fraction of sp³-hybridized carbons (Fsp3) is 0.923. The Morgan fingerprint density at radius 3 is 1.87 bits per heavy atom. The summed E-state index contributed by atoms with van der Waals surface area (Å²) >= 11 is 0. The number of carbonyl (C=O) groups is 2. The molecule has 3 rings (SSSR count). The minimum absolute atomic E-state index is 0.0675. The molecule has 31 heavy (non-hydrogen) atoms. The van der Waals surface area contributed by atoms with Gasteiger partial charge in [-0.1, -0.05) is 90.4 Å². The topological polar surface area (TPSA) is 75.4 Å². The van der Waals surface area contributed by atoms with Gasteiger partial charge in [0.2, 0.25) is 0 Å². The van der Waals surface area contributed by atoms with Gasteiger partial charge in [0.15, 0.2) is 0 Å². The highest BCUT2D eigenvalue weighted by molar-refractivity contribution is 6.07. The van der Waals surface area contributed by atoms with Gasteiger partial charge in [-0.2, -0.15) is 0 Å². The maximum atomic E-state index is 13.7. The zero-order chi connectivity index (χ0) is 22.3. The van der Waals surface area contributed by atoms with Crippen molar-refractivity contribution in [1.82, 2.24) is 10.2 Å². The summed E-state index contributed by atoms with van der Waals surface area (Å²) in [6.45, 7) is 4.16. The lowest BCUT2D eigenvalue weighted by Crippen LogP contribution is -2.68. The van der Waals surface area contributed by atoms with E-state index in [4.69, 9.17) is 5.73 Å². The average molecular weight is 434 g/mol. The van der Waals surface area contributed by atoms with E-state index in [1.807, 2.05) is 6.92 Å². The highest BCUT2D eigenvalue weighted by Crippen LogP contribution is 2.45. The highest BCUT2D eigenvalue weighted by Gasteiger charge is 2.58. The van der Waals surface area contributed by atoms with Crippen LogP contribution in [0.25, 0.3) is 0 Å². The first kappa shape index (κ1) is 24.5. The molecule has 3 amide bonds. The Bertz CT molecular complexity index is 577. The van der Waals surface area contributed by atoms with Gasteiger partial charge >= 0.3 is 6.03 Å². The lowest BCUT2D eigenvalue weighted by molar-refractivity contribution is -0.141. The minimum Gasteiger partial charge on any atom is -0.323 e. The van der Waals surface area contributed by atoms with Crippen molar-refractivity contribution in [2.75, 3.05) is 0 Å². The molecule has 0 aromatic carbocycles. The van der Waals surface area contributed by atoms with Crippen LogP contribution in [0.3, 0.4) is 0 Å². The standard InChI is InChI=1S/C26H47N3O2/c1-3-4-5-6-7-8-15-20-25(2)23(30)29(24(31)28-25)26(27,21-16-11-9-12-17-21)22-18-13-10-14-19-22/h21-22H,3-20,27H2,1-2H3,(H,28,31). The van der Waals surface area contributed by atoms with E-state index in [2.05, 4.69) is 12.2 Å². The van der Waals surface area contributed by atoms with Crippen LogP contribution < -0.4 is 11.1 Å². The summed E-state index contributed by atoms with van der Waals surface area (Å²) in [4.78, 5) is 28.5. The molecule has 3 aliphatic rings. The van der Waals surface area contributed by atoms with E-state index >= 15 is 0 Å². The Kier molecular flexibility index (Phi) is 8.83. The number of nitrogens with two attached hydrogens (primary N) is 1. The molecule has 0 bridgehead atoms. The number of urea groups is 1. The summed E-state index contributed by atoms with van der Waals surface area (Å²) in [5.74, 6) is 0.405. The molecule has 0 radical (unpaired) electrons. The van der Waals surface area contributed by atoms with Gasteiger partial charge in [0.1, 0.15) is 11.2 Å². The summed E-state index contributed by atoms with van der Waals surface area (Å²) < 4.78 is 0. The zero-order valence-electron chi connectivity index (χ0n) is 20.2. The van der Waals surface area contributed by atoms with Gasteiger partial charge in [-0.05, 0) is 50.9 Å². The molecule has 3 fully saturated rings. The Balaban J connectivity index is 1.69. The van der Waals surface area contributed by atoms with Crippen LogP contribution >= 0.6 is 0 Å². The third-order valence-electron chi connectivity index (χ3n) is 8.45. The monoisotopic (exact) mass is 433 g/mol. The largest absolute Gasteiger partial charge is 0.326 e. The van der Waals surface area contributed by atoms with Gasteiger partial charge in [-0.15, -0.1) is 0 Å². The second-order valence-corrected chi connectivity index (χ2v) is 10.8. The van der Waals surface area contributed by atoms with Gasteiger partial charge in [0, 0.05) is 0 Å². The lowest BCUT2D eigenvalue weighted by atomic mass is 9.68. The number of hydrogen-bond acceptors (Lipinski definition) is 3. The number of carbonyl (C=O) groups excluding carboxylic acids is 2. The fourth-order valence-corrected chi connectivity index (χ4v) is 6.47. The van der Waals surface area contributed by atoms with Crippen LogP contribution in [0.4, 0.5) is 4.79 Å². The molecule has 2 aliphatic carbocycles. The molecule has 1 atom stereocenters. The number of unbranched alkanes of at least 4 members (excludes halogenated alkanes) is 6. The second-order valence-electron chi connectivity index (χ2n) is 10.8. The highest BCUT2D eigenvalue weighted by atomic mass is 16.2. The number of nitrogens with one attached hydrogen (secondary N) is 1. The Hall–Kier alpha value is -1.10. The molecule has 178 valence electrons. The van der Waals surface area contributed by atoms with Crippen molar-refractivity contribution in [2.24, 2.45) is 17.6 Å². The number of amides is 3. The SMILES string of the molecule is CCCCCCCCCC1(C)NC(=O)N(C(N)(C2CCCCC2)C2CCCCC2)C1=O. The van der Waals surface area contributed by atoms with Gasteiger partial charge in [-0.25, -0.2) is 9.69 Å². The fourth-order valence-electron chi connectivity index (χ4n) is 6.47. The van der Waals surface area contributed by atoms with Gasteiger partial charge in [0.05, 0.1) is 0 Å². The third-order valence-corrected chi connectivity index (χ3v) is 8.45. The van der Waals surface area contributed by atoms with Crippen LogP contribution in [-0.4, -0.2) is 28.0 Å². The van der Waals surface area contributed by atoms with Crippen LogP contribution in [0.2, 0.25) is 0 Å². The third kappa shape index (κ3) is 5.46. The van der Waals surface area contributed by atoms with Gasteiger partial charge in [0.25, 0.3) is 5.91 Å². The van der Waals surface area contributed by atoms with Crippen molar-refractivity contribution in [3.63, 3.8) is 0 Å². The summed E-state index contributed by atoms with van der Waals surface area (Å²) in [6, 6.07) is -0.242.